The minimum atomic E-state index is -0.423. The van der Waals surface area contributed by atoms with Gasteiger partial charge in [-0.25, -0.2) is 0 Å². The van der Waals surface area contributed by atoms with E-state index < -0.39 is 5.54 Å². The minimum Gasteiger partial charge on any atom is -0.378 e. The number of hydrogen-bond donors (Lipinski definition) is 1. The lowest BCUT2D eigenvalue weighted by atomic mass is 9.90. The zero-order valence-electron chi connectivity index (χ0n) is 12.5. The van der Waals surface area contributed by atoms with Crippen LogP contribution in [0.3, 0.4) is 0 Å². The number of nitriles is 1. The van der Waals surface area contributed by atoms with E-state index in [4.69, 9.17) is 4.74 Å². The van der Waals surface area contributed by atoms with Crippen LogP contribution in [-0.2, 0) is 4.74 Å². The second-order valence-corrected chi connectivity index (χ2v) is 6.71. The van der Waals surface area contributed by atoms with Crippen LogP contribution in [0.5, 0.6) is 0 Å². The monoisotopic (exact) mass is 264 g/mol. The Bertz CT molecular complexity index is 315. The molecule has 2 aliphatic carbocycles. The van der Waals surface area contributed by atoms with Gasteiger partial charge in [0.2, 0.25) is 0 Å². The van der Waals surface area contributed by atoms with Crippen LogP contribution in [0.15, 0.2) is 0 Å². The summed E-state index contributed by atoms with van der Waals surface area (Å²) in [7, 11) is 0. The van der Waals surface area contributed by atoms with Crippen LogP contribution in [-0.4, -0.2) is 24.3 Å². The third-order valence-corrected chi connectivity index (χ3v) is 4.38. The van der Waals surface area contributed by atoms with E-state index >= 15 is 0 Å². The van der Waals surface area contributed by atoms with Gasteiger partial charge in [0.15, 0.2) is 0 Å². The predicted molar refractivity (Wildman–Crippen MR) is 76.8 cm³/mol. The Hall–Kier alpha value is -0.590. The van der Waals surface area contributed by atoms with E-state index in [1.165, 1.54) is 44.9 Å². The highest BCUT2D eigenvalue weighted by Gasteiger charge is 2.34. The third kappa shape index (κ3) is 5.12. The van der Waals surface area contributed by atoms with E-state index in [2.05, 4.69) is 18.3 Å². The first-order valence-corrected chi connectivity index (χ1v) is 7.92. The average Bonchev–Trinajstić information content (AvgIpc) is 3.21. The van der Waals surface area contributed by atoms with Gasteiger partial charge in [0, 0.05) is 19.1 Å². The normalized spacial score (nSPS) is 25.5. The lowest BCUT2D eigenvalue weighted by Gasteiger charge is -2.28. The molecule has 2 aliphatic rings. The van der Waals surface area contributed by atoms with Crippen LogP contribution >= 0.6 is 0 Å². The van der Waals surface area contributed by atoms with E-state index in [-0.39, 0.29) is 6.10 Å². The molecule has 19 heavy (non-hydrogen) atoms. The molecule has 2 unspecified atom stereocenters. The van der Waals surface area contributed by atoms with Gasteiger partial charge in [-0.05, 0) is 45.4 Å². The predicted octanol–water partition coefficient (Wildman–Crippen LogP) is 3.40. The molecule has 2 fully saturated rings. The molecule has 3 heteroatoms. The maximum Gasteiger partial charge on any atom is 0.106 e. The van der Waals surface area contributed by atoms with Crippen molar-refractivity contribution in [3.05, 3.63) is 0 Å². The topological polar surface area (TPSA) is 45.0 Å². The molecule has 0 aliphatic heterocycles. The lowest BCUT2D eigenvalue weighted by molar-refractivity contribution is 0.0171. The average molecular weight is 264 g/mol. The van der Waals surface area contributed by atoms with Crippen LogP contribution in [0.4, 0.5) is 0 Å². The smallest absolute Gasteiger partial charge is 0.106 e. The fraction of sp³-hybridized carbons (Fsp3) is 0.938. The molecule has 0 bridgehead atoms. The summed E-state index contributed by atoms with van der Waals surface area (Å²) in [5, 5.41) is 12.8. The number of nitrogens with zero attached hydrogens (tertiary/aromatic N) is 1. The largest absolute Gasteiger partial charge is 0.378 e. The second-order valence-electron chi connectivity index (χ2n) is 6.71. The van der Waals surface area contributed by atoms with Gasteiger partial charge in [-0.1, -0.05) is 19.3 Å². The summed E-state index contributed by atoms with van der Waals surface area (Å²) in [6, 6.07) is 2.99. The summed E-state index contributed by atoms with van der Waals surface area (Å²) < 4.78 is 5.99. The molecule has 0 amide bonds. The minimum absolute atomic E-state index is 0.165. The summed E-state index contributed by atoms with van der Waals surface area (Å²) in [6.45, 7) is 4.99. The van der Waals surface area contributed by atoms with Crippen molar-refractivity contribution in [2.75, 3.05) is 6.61 Å². The van der Waals surface area contributed by atoms with Crippen LogP contribution < -0.4 is 5.32 Å². The molecule has 1 N–H and O–H groups in total. The van der Waals surface area contributed by atoms with Gasteiger partial charge in [0.25, 0.3) is 0 Å². The van der Waals surface area contributed by atoms with Crippen molar-refractivity contribution < 1.29 is 4.74 Å². The molecule has 0 heterocycles. The lowest BCUT2D eigenvalue weighted by Crippen LogP contribution is -2.45. The van der Waals surface area contributed by atoms with Gasteiger partial charge < -0.3 is 4.74 Å². The fourth-order valence-corrected chi connectivity index (χ4v) is 3.10. The Kier molecular flexibility index (Phi) is 5.24. The molecule has 0 aromatic rings. The third-order valence-electron chi connectivity index (χ3n) is 4.38. The molecule has 0 spiro atoms. The van der Waals surface area contributed by atoms with Gasteiger partial charge in [-0.3, -0.25) is 5.32 Å². The van der Waals surface area contributed by atoms with Crippen LogP contribution in [0, 0.1) is 17.2 Å². The van der Waals surface area contributed by atoms with Crippen molar-refractivity contribution in [1.29, 1.82) is 5.26 Å². The maximum atomic E-state index is 9.36. The number of rotatable bonds is 7. The van der Waals surface area contributed by atoms with E-state index in [0.717, 1.165) is 18.9 Å². The Balaban J connectivity index is 1.69. The first-order valence-electron chi connectivity index (χ1n) is 7.92. The van der Waals surface area contributed by atoms with Crippen molar-refractivity contribution in [3.63, 3.8) is 0 Å². The highest BCUT2D eigenvalue weighted by atomic mass is 16.5. The summed E-state index contributed by atoms with van der Waals surface area (Å²) >= 11 is 0. The van der Waals surface area contributed by atoms with Gasteiger partial charge >= 0.3 is 0 Å². The van der Waals surface area contributed by atoms with Crippen LogP contribution in [0.25, 0.3) is 0 Å². The second kappa shape index (κ2) is 6.72. The molecule has 0 radical (unpaired) electrons. The number of hydrogen-bond acceptors (Lipinski definition) is 3. The highest BCUT2D eigenvalue weighted by Crippen LogP contribution is 2.27. The first kappa shape index (κ1) is 14.8. The molecule has 108 valence electrons. The Labute approximate surface area is 117 Å². The first-order chi connectivity index (χ1) is 9.11. The van der Waals surface area contributed by atoms with Crippen molar-refractivity contribution >= 4 is 0 Å². The summed E-state index contributed by atoms with van der Waals surface area (Å²) in [5.41, 5.74) is -0.423. The number of ether oxygens (including phenoxy) is 1. The molecule has 2 saturated carbocycles. The van der Waals surface area contributed by atoms with Crippen molar-refractivity contribution in [2.45, 2.75) is 82.9 Å². The Morgan fingerprint density at radius 1 is 1.26 bits per heavy atom. The molecule has 0 aromatic heterocycles. The van der Waals surface area contributed by atoms with E-state index in [0.29, 0.717) is 6.04 Å². The zero-order valence-corrected chi connectivity index (χ0v) is 12.5. The number of nitrogens with one attached hydrogen (secondary N) is 1. The molecule has 3 nitrogen and oxygen atoms in total. The Morgan fingerprint density at radius 2 is 1.95 bits per heavy atom. The summed E-state index contributed by atoms with van der Waals surface area (Å²) in [6.07, 6.45) is 10.1. The molecular formula is C16H28N2O. The molecule has 2 atom stereocenters. The van der Waals surface area contributed by atoms with Gasteiger partial charge in [0.1, 0.15) is 5.54 Å². The van der Waals surface area contributed by atoms with Gasteiger partial charge in [-0.2, -0.15) is 5.26 Å². The maximum absolute atomic E-state index is 9.36. The molecule has 2 rings (SSSR count). The summed E-state index contributed by atoms with van der Waals surface area (Å²) in [4.78, 5) is 0. The van der Waals surface area contributed by atoms with E-state index in [1.807, 2.05) is 6.92 Å². The molecule has 0 aromatic carbocycles. The van der Waals surface area contributed by atoms with Crippen molar-refractivity contribution in [1.82, 2.24) is 5.32 Å². The SMILES string of the molecule is CC(CC(C)(C#N)NC1CC1)OCC1CCCCC1. The quantitative estimate of drug-likeness (QED) is 0.766. The van der Waals surface area contributed by atoms with Crippen LogP contribution in [0.1, 0.15) is 65.2 Å². The molecular weight excluding hydrogens is 236 g/mol. The van der Waals surface area contributed by atoms with Crippen molar-refractivity contribution in [3.8, 4) is 6.07 Å². The zero-order chi connectivity index (χ0) is 13.7. The van der Waals surface area contributed by atoms with Gasteiger partial charge in [0.05, 0.1) is 12.2 Å². The van der Waals surface area contributed by atoms with E-state index in [9.17, 15) is 5.26 Å². The van der Waals surface area contributed by atoms with Crippen LogP contribution in [0.2, 0.25) is 0 Å². The highest BCUT2D eigenvalue weighted by molar-refractivity contribution is 5.07. The van der Waals surface area contributed by atoms with Gasteiger partial charge in [-0.15, -0.1) is 0 Å². The van der Waals surface area contributed by atoms with Crippen molar-refractivity contribution in [2.24, 2.45) is 5.92 Å². The summed E-state index contributed by atoms with van der Waals surface area (Å²) in [5.74, 6) is 0.751. The Morgan fingerprint density at radius 3 is 2.53 bits per heavy atom. The fourth-order valence-electron chi connectivity index (χ4n) is 3.10. The standard InChI is InChI=1S/C16H28N2O/c1-13(19-11-14-6-4-3-5-7-14)10-16(2,12-17)18-15-8-9-15/h13-15,18H,3-11H2,1-2H3. The van der Waals surface area contributed by atoms with E-state index in [1.54, 1.807) is 0 Å². The molecule has 0 saturated heterocycles.